The van der Waals surface area contributed by atoms with E-state index in [0.717, 1.165) is 12.1 Å². The average Bonchev–Trinajstić information content (AvgIpc) is 3.32. The third kappa shape index (κ3) is 4.43. The predicted molar refractivity (Wildman–Crippen MR) is 82.4 cm³/mol. The summed E-state index contributed by atoms with van der Waals surface area (Å²) in [5, 5.41) is 8.86. The zero-order valence-corrected chi connectivity index (χ0v) is 13.0. The molecule has 25 heavy (non-hydrogen) atoms. The van der Waals surface area contributed by atoms with Crippen LogP contribution in [0.2, 0.25) is 0 Å². The standard InChI is InChI=1S/C18H15F3O4/c19-18(20,21)12-6-4-11(5-7-12)10-24-13-2-1-3-14(8-13)25-16-9-15(16)17(22)23/h1-8,15-16H,9-10H2,(H,22,23)/t15?,16-/m1/s1. The maximum atomic E-state index is 12.5. The zero-order chi connectivity index (χ0) is 18.0. The summed E-state index contributed by atoms with van der Waals surface area (Å²) in [6.45, 7) is 0.114. The van der Waals surface area contributed by atoms with Gasteiger partial charge in [-0.25, -0.2) is 0 Å². The van der Waals surface area contributed by atoms with E-state index in [1.807, 2.05) is 0 Å². The Bertz CT molecular complexity index is 756. The summed E-state index contributed by atoms with van der Waals surface area (Å²) < 4.78 is 48.7. The van der Waals surface area contributed by atoms with Crippen LogP contribution in [0.5, 0.6) is 11.5 Å². The van der Waals surface area contributed by atoms with E-state index in [4.69, 9.17) is 14.6 Å². The van der Waals surface area contributed by atoms with E-state index in [1.54, 1.807) is 24.3 Å². The van der Waals surface area contributed by atoms with Gasteiger partial charge >= 0.3 is 12.1 Å². The number of carboxylic acid groups (broad SMARTS) is 1. The molecule has 1 aliphatic rings. The van der Waals surface area contributed by atoms with Crippen molar-refractivity contribution >= 4 is 5.97 Å². The predicted octanol–water partition coefficient (Wildman–Crippen LogP) is 4.14. The first kappa shape index (κ1) is 17.1. The quantitative estimate of drug-likeness (QED) is 0.849. The molecular formula is C18H15F3O4. The van der Waals surface area contributed by atoms with Crippen molar-refractivity contribution in [2.75, 3.05) is 0 Å². The molecule has 0 saturated heterocycles. The van der Waals surface area contributed by atoms with E-state index in [-0.39, 0.29) is 12.7 Å². The molecule has 2 aromatic carbocycles. The first-order chi connectivity index (χ1) is 11.8. The Balaban J connectivity index is 1.56. The molecule has 132 valence electrons. The van der Waals surface area contributed by atoms with Gasteiger partial charge in [0.2, 0.25) is 0 Å². The molecule has 1 unspecified atom stereocenters. The van der Waals surface area contributed by atoms with Crippen molar-refractivity contribution in [2.45, 2.75) is 25.3 Å². The fourth-order valence-corrected chi connectivity index (χ4v) is 2.33. The van der Waals surface area contributed by atoms with Crippen LogP contribution in [0.4, 0.5) is 13.2 Å². The highest BCUT2D eigenvalue weighted by Gasteiger charge is 2.45. The average molecular weight is 352 g/mol. The molecule has 2 aromatic rings. The molecule has 0 aliphatic heterocycles. The van der Waals surface area contributed by atoms with Crippen LogP contribution in [0.25, 0.3) is 0 Å². The van der Waals surface area contributed by atoms with E-state index < -0.39 is 23.6 Å². The largest absolute Gasteiger partial charge is 0.489 e. The minimum absolute atomic E-state index is 0.114. The summed E-state index contributed by atoms with van der Waals surface area (Å²) in [5.74, 6) is -0.361. The van der Waals surface area contributed by atoms with Gasteiger partial charge in [0.25, 0.3) is 0 Å². The summed E-state index contributed by atoms with van der Waals surface area (Å²) >= 11 is 0. The SMILES string of the molecule is O=C(O)C1C[C@H]1Oc1cccc(OCc2ccc(C(F)(F)F)cc2)c1. The molecule has 3 rings (SSSR count). The number of ether oxygens (including phenoxy) is 2. The lowest BCUT2D eigenvalue weighted by Gasteiger charge is -2.10. The highest BCUT2D eigenvalue weighted by molar-refractivity contribution is 5.74. The minimum Gasteiger partial charge on any atom is -0.489 e. The van der Waals surface area contributed by atoms with Crippen molar-refractivity contribution in [3.05, 3.63) is 59.7 Å². The molecule has 0 aromatic heterocycles. The highest BCUT2D eigenvalue weighted by Crippen LogP contribution is 2.36. The summed E-state index contributed by atoms with van der Waals surface area (Å²) in [6.07, 6.45) is -4.21. The van der Waals surface area contributed by atoms with Crippen LogP contribution in [0.3, 0.4) is 0 Å². The molecule has 7 heteroatoms. The fraction of sp³-hybridized carbons (Fsp3) is 0.278. The minimum atomic E-state index is -4.36. The molecule has 2 atom stereocenters. The van der Waals surface area contributed by atoms with Crippen molar-refractivity contribution < 1.29 is 32.5 Å². The molecule has 1 fully saturated rings. The molecule has 0 spiro atoms. The summed E-state index contributed by atoms with van der Waals surface area (Å²) in [6, 6.07) is 11.5. The van der Waals surface area contributed by atoms with Gasteiger partial charge in [0, 0.05) is 12.5 Å². The lowest BCUT2D eigenvalue weighted by molar-refractivity contribution is -0.139. The van der Waals surface area contributed by atoms with Crippen LogP contribution >= 0.6 is 0 Å². The first-order valence-electron chi connectivity index (χ1n) is 7.61. The molecule has 1 saturated carbocycles. The van der Waals surface area contributed by atoms with Crippen molar-refractivity contribution in [2.24, 2.45) is 5.92 Å². The van der Waals surface area contributed by atoms with Gasteiger partial charge in [0.1, 0.15) is 24.2 Å². The summed E-state index contributed by atoms with van der Waals surface area (Å²) in [4.78, 5) is 10.8. The van der Waals surface area contributed by atoms with Crippen molar-refractivity contribution in [3.8, 4) is 11.5 Å². The molecule has 0 bridgehead atoms. The van der Waals surface area contributed by atoms with Crippen LogP contribution in [0.15, 0.2) is 48.5 Å². The van der Waals surface area contributed by atoms with E-state index in [2.05, 4.69) is 0 Å². The summed E-state index contributed by atoms with van der Waals surface area (Å²) in [7, 11) is 0. The number of halogens is 3. The number of benzene rings is 2. The number of alkyl halides is 3. The Morgan fingerprint density at radius 2 is 1.80 bits per heavy atom. The number of hydrogen-bond acceptors (Lipinski definition) is 3. The number of rotatable bonds is 6. The van der Waals surface area contributed by atoms with Gasteiger partial charge in [0.15, 0.2) is 0 Å². The number of hydrogen-bond donors (Lipinski definition) is 1. The van der Waals surface area contributed by atoms with Gasteiger partial charge in [-0.2, -0.15) is 13.2 Å². The Morgan fingerprint density at radius 1 is 1.12 bits per heavy atom. The normalized spacial score (nSPS) is 19.3. The Kier molecular flexibility index (Phi) is 4.57. The fourth-order valence-electron chi connectivity index (χ4n) is 2.33. The second kappa shape index (κ2) is 6.66. The Morgan fingerprint density at radius 3 is 2.40 bits per heavy atom. The van der Waals surface area contributed by atoms with Gasteiger partial charge < -0.3 is 14.6 Å². The lowest BCUT2D eigenvalue weighted by Crippen LogP contribution is -2.07. The zero-order valence-electron chi connectivity index (χ0n) is 13.0. The lowest BCUT2D eigenvalue weighted by atomic mass is 10.1. The van der Waals surface area contributed by atoms with Crippen molar-refractivity contribution in [1.82, 2.24) is 0 Å². The third-order valence-corrected chi connectivity index (χ3v) is 3.83. The van der Waals surface area contributed by atoms with Gasteiger partial charge in [-0.1, -0.05) is 18.2 Å². The molecule has 0 amide bonds. The maximum absolute atomic E-state index is 12.5. The van der Waals surface area contributed by atoms with Crippen LogP contribution < -0.4 is 9.47 Å². The highest BCUT2D eigenvalue weighted by atomic mass is 19.4. The van der Waals surface area contributed by atoms with Gasteiger partial charge in [-0.3, -0.25) is 4.79 Å². The smallest absolute Gasteiger partial charge is 0.416 e. The van der Waals surface area contributed by atoms with E-state index >= 15 is 0 Å². The van der Waals surface area contributed by atoms with E-state index in [9.17, 15) is 18.0 Å². The number of aliphatic carboxylic acids is 1. The first-order valence-corrected chi connectivity index (χ1v) is 7.61. The molecule has 4 nitrogen and oxygen atoms in total. The topological polar surface area (TPSA) is 55.8 Å². The van der Waals surface area contributed by atoms with Gasteiger partial charge in [-0.15, -0.1) is 0 Å². The molecule has 0 heterocycles. The van der Waals surface area contributed by atoms with Crippen LogP contribution in [-0.4, -0.2) is 17.2 Å². The second-order valence-corrected chi connectivity index (χ2v) is 5.79. The van der Waals surface area contributed by atoms with Gasteiger partial charge in [0.05, 0.1) is 11.5 Å². The van der Waals surface area contributed by atoms with Crippen molar-refractivity contribution in [3.63, 3.8) is 0 Å². The monoisotopic (exact) mass is 352 g/mol. The Labute approximate surface area is 141 Å². The molecule has 0 radical (unpaired) electrons. The second-order valence-electron chi connectivity index (χ2n) is 5.79. The van der Waals surface area contributed by atoms with Gasteiger partial charge in [-0.05, 0) is 29.8 Å². The number of carbonyl (C=O) groups is 1. The Hall–Kier alpha value is -2.70. The number of carboxylic acids is 1. The molecule has 1 aliphatic carbocycles. The van der Waals surface area contributed by atoms with E-state index in [1.165, 1.54) is 12.1 Å². The van der Waals surface area contributed by atoms with Crippen LogP contribution in [0.1, 0.15) is 17.5 Å². The van der Waals surface area contributed by atoms with E-state index in [0.29, 0.717) is 23.5 Å². The van der Waals surface area contributed by atoms with Crippen LogP contribution in [0, 0.1) is 5.92 Å². The third-order valence-electron chi connectivity index (χ3n) is 3.83. The van der Waals surface area contributed by atoms with Crippen LogP contribution in [-0.2, 0) is 17.6 Å². The summed E-state index contributed by atoms with van der Waals surface area (Å²) in [5.41, 5.74) is -0.100. The maximum Gasteiger partial charge on any atom is 0.416 e. The molecular weight excluding hydrogens is 337 g/mol. The van der Waals surface area contributed by atoms with Crippen molar-refractivity contribution in [1.29, 1.82) is 0 Å². The molecule has 1 N–H and O–H groups in total.